The van der Waals surface area contributed by atoms with Crippen molar-refractivity contribution < 1.29 is 0 Å². The van der Waals surface area contributed by atoms with Gasteiger partial charge in [-0.3, -0.25) is 0 Å². The Morgan fingerprint density at radius 2 is 1.25 bits per heavy atom. The lowest BCUT2D eigenvalue weighted by molar-refractivity contribution is 0.536. The number of thiol groups is 1. The molecule has 0 aromatic heterocycles. The lowest BCUT2D eigenvalue weighted by Crippen LogP contribution is -2.16. The summed E-state index contributed by atoms with van der Waals surface area (Å²) in [6.07, 6.45) is 3.55. The van der Waals surface area contributed by atoms with Crippen molar-refractivity contribution in [1.29, 1.82) is 0 Å². The van der Waals surface area contributed by atoms with Crippen LogP contribution >= 0.6 is 12.6 Å². The Labute approximate surface area is 58.1 Å². The standard InChI is InChI=1S/C7H16S/c1-4-7(8,5-2)6-3/h8H,4-6H2,1-3H3. The first-order chi connectivity index (χ1) is 3.68. The molecule has 0 aliphatic carbocycles. The van der Waals surface area contributed by atoms with Crippen LogP contribution in [0.15, 0.2) is 0 Å². The lowest BCUT2D eigenvalue weighted by atomic mass is 9.99. The van der Waals surface area contributed by atoms with Gasteiger partial charge in [0, 0.05) is 4.75 Å². The Balaban J connectivity index is 3.58. The monoisotopic (exact) mass is 132 g/mol. The minimum atomic E-state index is 0.319. The summed E-state index contributed by atoms with van der Waals surface area (Å²) in [7, 11) is 0. The average molecular weight is 132 g/mol. The molecule has 50 valence electrons. The second kappa shape index (κ2) is 3.39. The highest BCUT2D eigenvalue weighted by Gasteiger charge is 2.16. The summed E-state index contributed by atoms with van der Waals surface area (Å²) < 4.78 is 0.319. The van der Waals surface area contributed by atoms with Gasteiger partial charge in [0.2, 0.25) is 0 Å². The maximum atomic E-state index is 4.52. The van der Waals surface area contributed by atoms with Gasteiger partial charge in [0.1, 0.15) is 0 Å². The molecular weight excluding hydrogens is 116 g/mol. The molecule has 1 heteroatoms. The van der Waals surface area contributed by atoms with Crippen LogP contribution < -0.4 is 0 Å². The normalized spacial score (nSPS) is 12.0. The summed E-state index contributed by atoms with van der Waals surface area (Å²) in [5.41, 5.74) is 0. The highest BCUT2D eigenvalue weighted by molar-refractivity contribution is 7.81. The van der Waals surface area contributed by atoms with Gasteiger partial charge in [-0.15, -0.1) is 0 Å². The van der Waals surface area contributed by atoms with E-state index in [0.717, 1.165) is 0 Å². The van der Waals surface area contributed by atoms with Crippen molar-refractivity contribution in [3.63, 3.8) is 0 Å². The SMILES string of the molecule is CCC(S)(CC)CC. The van der Waals surface area contributed by atoms with Crippen molar-refractivity contribution in [1.82, 2.24) is 0 Å². The van der Waals surface area contributed by atoms with E-state index in [1.54, 1.807) is 0 Å². The molecule has 0 amide bonds. The third kappa shape index (κ3) is 2.08. The Kier molecular flexibility index (Phi) is 3.54. The zero-order valence-corrected chi connectivity index (χ0v) is 6.96. The van der Waals surface area contributed by atoms with E-state index in [-0.39, 0.29) is 0 Å². The van der Waals surface area contributed by atoms with E-state index < -0.39 is 0 Å². The summed E-state index contributed by atoms with van der Waals surface area (Å²) in [4.78, 5) is 0. The third-order valence-corrected chi connectivity index (χ3v) is 2.92. The molecule has 0 rings (SSSR count). The molecule has 0 spiro atoms. The number of rotatable bonds is 3. The van der Waals surface area contributed by atoms with Gasteiger partial charge < -0.3 is 0 Å². The van der Waals surface area contributed by atoms with Crippen LogP contribution in [0.4, 0.5) is 0 Å². The molecule has 0 radical (unpaired) electrons. The predicted octanol–water partition coefficient (Wildman–Crippen LogP) is 2.89. The fourth-order valence-corrected chi connectivity index (χ4v) is 0.750. The third-order valence-electron chi connectivity index (χ3n) is 1.97. The molecule has 0 saturated heterocycles. The quantitative estimate of drug-likeness (QED) is 0.561. The minimum absolute atomic E-state index is 0.319. The van der Waals surface area contributed by atoms with Gasteiger partial charge in [-0.05, 0) is 19.3 Å². The van der Waals surface area contributed by atoms with E-state index in [9.17, 15) is 0 Å². The van der Waals surface area contributed by atoms with Crippen molar-refractivity contribution >= 4 is 12.6 Å². The smallest absolute Gasteiger partial charge is 0.0122 e. The predicted molar refractivity (Wildman–Crippen MR) is 42.6 cm³/mol. The van der Waals surface area contributed by atoms with E-state index in [1.807, 2.05) is 0 Å². The molecule has 8 heavy (non-hydrogen) atoms. The van der Waals surface area contributed by atoms with Gasteiger partial charge in [-0.1, -0.05) is 20.8 Å². The Morgan fingerprint density at radius 1 is 1.00 bits per heavy atom. The second-order valence-electron chi connectivity index (χ2n) is 2.29. The minimum Gasteiger partial charge on any atom is -0.173 e. The second-order valence-corrected chi connectivity index (χ2v) is 3.23. The summed E-state index contributed by atoms with van der Waals surface area (Å²) in [6.45, 7) is 6.58. The van der Waals surface area contributed by atoms with Gasteiger partial charge in [0.15, 0.2) is 0 Å². The van der Waals surface area contributed by atoms with Crippen LogP contribution in [-0.4, -0.2) is 4.75 Å². The first kappa shape index (κ1) is 8.35. The Morgan fingerprint density at radius 3 is 1.25 bits per heavy atom. The molecule has 0 heterocycles. The van der Waals surface area contributed by atoms with Gasteiger partial charge in [0.05, 0.1) is 0 Å². The van der Waals surface area contributed by atoms with Crippen molar-refractivity contribution in [2.45, 2.75) is 44.8 Å². The Hall–Kier alpha value is 0.350. The number of hydrogen-bond donors (Lipinski definition) is 1. The fraction of sp³-hybridized carbons (Fsp3) is 1.00. The van der Waals surface area contributed by atoms with Crippen molar-refractivity contribution in [3.8, 4) is 0 Å². The van der Waals surface area contributed by atoms with E-state index in [2.05, 4.69) is 33.4 Å². The van der Waals surface area contributed by atoms with E-state index in [4.69, 9.17) is 0 Å². The molecule has 0 atom stereocenters. The topological polar surface area (TPSA) is 0 Å². The zero-order valence-electron chi connectivity index (χ0n) is 6.07. The molecular formula is C7H16S. The van der Waals surface area contributed by atoms with Crippen molar-refractivity contribution in [2.24, 2.45) is 0 Å². The van der Waals surface area contributed by atoms with Crippen molar-refractivity contribution in [2.75, 3.05) is 0 Å². The summed E-state index contributed by atoms with van der Waals surface area (Å²) >= 11 is 4.52. The number of hydrogen-bond acceptors (Lipinski definition) is 1. The molecule has 0 fully saturated rings. The molecule has 0 saturated carbocycles. The molecule has 0 nitrogen and oxygen atoms in total. The van der Waals surface area contributed by atoms with Crippen LogP contribution in [-0.2, 0) is 0 Å². The highest BCUT2D eigenvalue weighted by atomic mass is 32.1. The Bertz CT molecular complexity index is 47.1. The van der Waals surface area contributed by atoms with Gasteiger partial charge >= 0.3 is 0 Å². The van der Waals surface area contributed by atoms with E-state index in [1.165, 1.54) is 19.3 Å². The first-order valence-electron chi connectivity index (χ1n) is 3.41. The average Bonchev–Trinajstić information content (AvgIpc) is 1.87. The summed E-state index contributed by atoms with van der Waals surface area (Å²) in [5.74, 6) is 0. The van der Waals surface area contributed by atoms with Gasteiger partial charge in [0.25, 0.3) is 0 Å². The maximum Gasteiger partial charge on any atom is 0.0122 e. The fourth-order valence-electron chi connectivity index (χ4n) is 0.750. The van der Waals surface area contributed by atoms with Crippen LogP contribution in [0.2, 0.25) is 0 Å². The first-order valence-corrected chi connectivity index (χ1v) is 3.85. The molecule has 0 N–H and O–H groups in total. The van der Waals surface area contributed by atoms with Crippen molar-refractivity contribution in [3.05, 3.63) is 0 Å². The molecule has 0 aliphatic heterocycles. The molecule has 0 aromatic rings. The highest BCUT2D eigenvalue weighted by Crippen LogP contribution is 2.26. The lowest BCUT2D eigenvalue weighted by Gasteiger charge is -2.22. The van der Waals surface area contributed by atoms with Gasteiger partial charge in [-0.2, -0.15) is 12.6 Å². The summed E-state index contributed by atoms with van der Waals surface area (Å²) in [6, 6.07) is 0. The zero-order chi connectivity index (χ0) is 6.62. The maximum absolute atomic E-state index is 4.52. The van der Waals surface area contributed by atoms with E-state index >= 15 is 0 Å². The molecule has 0 bridgehead atoms. The molecule has 0 aromatic carbocycles. The summed E-state index contributed by atoms with van der Waals surface area (Å²) in [5, 5.41) is 0. The largest absolute Gasteiger partial charge is 0.173 e. The van der Waals surface area contributed by atoms with Gasteiger partial charge in [-0.25, -0.2) is 0 Å². The van der Waals surface area contributed by atoms with Crippen LogP contribution in [0.1, 0.15) is 40.0 Å². The van der Waals surface area contributed by atoms with Crippen LogP contribution in [0.3, 0.4) is 0 Å². The molecule has 0 aliphatic rings. The van der Waals surface area contributed by atoms with E-state index in [0.29, 0.717) is 4.75 Å². The molecule has 0 unspecified atom stereocenters. The van der Waals surface area contributed by atoms with Crippen LogP contribution in [0.25, 0.3) is 0 Å². The van der Waals surface area contributed by atoms with Crippen LogP contribution in [0, 0.1) is 0 Å². The van der Waals surface area contributed by atoms with Crippen LogP contribution in [0.5, 0.6) is 0 Å².